The first-order valence-electron chi connectivity index (χ1n) is 12.4. The number of aliphatic hydroxyl groups is 1. The number of rotatable bonds is 3. The Balaban J connectivity index is 1.28. The van der Waals surface area contributed by atoms with Crippen LogP contribution in [0.25, 0.3) is 0 Å². The maximum atomic E-state index is 12.9. The summed E-state index contributed by atoms with van der Waals surface area (Å²) in [6, 6.07) is 6.52. The number of anilines is 1. The van der Waals surface area contributed by atoms with Crippen molar-refractivity contribution in [3.05, 3.63) is 41.0 Å². The van der Waals surface area contributed by atoms with Crippen LogP contribution in [-0.4, -0.2) is 60.9 Å². The standard InChI is InChI=1S/C27H38N2O3/c1-17-7-5-10-22(19(17)3)29-13-11-28(12-14-29)16-21-24-23(32-26(21)31)15-20-9-6-8-18(2)27(20,4)25(24)30/h5,7,9-10,18,21,23-25,30H,6,8,11-16H2,1-4H3/t18-,21+,23+,24+,25+,27+/m0/s1. The molecular formula is C27H38N2O3. The van der Waals surface area contributed by atoms with Gasteiger partial charge in [0.2, 0.25) is 0 Å². The van der Waals surface area contributed by atoms with Crippen molar-refractivity contribution in [3.8, 4) is 0 Å². The summed E-state index contributed by atoms with van der Waals surface area (Å²) < 4.78 is 5.86. The smallest absolute Gasteiger partial charge is 0.311 e. The molecule has 5 rings (SSSR count). The van der Waals surface area contributed by atoms with Gasteiger partial charge in [-0.2, -0.15) is 0 Å². The maximum absolute atomic E-state index is 12.9. The number of esters is 1. The summed E-state index contributed by atoms with van der Waals surface area (Å²) in [5.74, 6) is -0.000529. The third kappa shape index (κ3) is 3.40. The topological polar surface area (TPSA) is 53.0 Å². The van der Waals surface area contributed by atoms with Crippen LogP contribution in [0.3, 0.4) is 0 Å². The lowest BCUT2D eigenvalue weighted by Crippen LogP contribution is -2.55. The van der Waals surface area contributed by atoms with Gasteiger partial charge in [0.25, 0.3) is 0 Å². The zero-order valence-electron chi connectivity index (χ0n) is 20.0. The SMILES string of the molecule is Cc1cccc(N2CCN(C[C@H]3C(=O)O[C@@H]4CC5=CCC[C@H](C)[C@@]5(C)[C@H](O)[C@@H]43)CC2)c1C. The Hall–Kier alpha value is -1.85. The Kier molecular flexibility index (Phi) is 5.61. The van der Waals surface area contributed by atoms with Crippen LogP contribution in [0.4, 0.5) is 5.69 Å². The molecule has 2 aliphatic heterocycles. The fourth-order valence-corrected chi connectivity index (χ4v) is 6.80. The first kappa shape index (κ1) is 22.0. The number of carbonyl (C=O) groups is 1. The number of carbonyl (C=O) groups excluding carboxylic acids is 1. The zero-order chi connectivity index (χ0) is 22.6. The second-order valence-corrected chi connectivity index (χ2v) is 10.8. The summed E-state index contributed by atoms with van der Waals surface area (Å²) in [6.07, 6.45) is 4.59. The highest BCUT2D eigenvalue weighted by molar-refractivity contribution is 5.76. The zero-order valence-corrected chi connectivity index (χ0v) is 20.0. The Bertz CT molecular complexity index is 919. The minimum Gasteiger partial charge on any atom is -0.461 e. The van der Waals surface area contributed by atoms with Crippen molar-refractivity contribution in [1.29, 1.82) is 0 Å². The number of hydrogen-bond acceptors (Lipinski definition) is 5. The van der Waals surface area contributed by atoms with E-state index in [1.54, 1.807) is 0 Å². The van der Waals surface area contributed by atoms with Crippen molar-refractivity contribution in [1.82, 2.24) is 4.90 Å². The molecule has 1 aromatic carbocycles. The average molecular weight is 439 g/mol. The molecule has 0 spiro atoms. The predicted octanol–water partition coefficient (Wildman–Crippen LogP) is 3.71. The number of aryl methyl sites for hydroxylation is 1. The molecule has 6 atom stereocenters. The molecule has 1 saturated carbocycles. The molecule has 32 heavy (non-hydrogen) atoms. The number of aliphatic hydroxyl groups excluding tert-OH is 1. The number of benzene rings is 1. The third-order valence-corrected chi connectivity index (χ3v) is 9.31. The van der Waals surface area contributed by atoms with Crippen LogP contribution in [0.2, 0.25) is 0 Å². The van der Waals surface area contributed by atoms with E-state index in [4.69, 9.17) is 4.74 Å². The van der Waals surface area contributed by atoms with Gasteiger partial charge in [0.15, 0.2) is 0 Å². The molecule has 1 aromatic rings. The molecular weight excluding hydrogens is 400 g/mol. The molecule has 0 aromatic heterocycles. The monoisotopic (exact) mass is 438 g/mol. The molecule has 2 aliphatic carbocycles. The fraction of sp³-hybridized carbons (Fsp3) is 0.667. The Labute approximate surface area is 192 Å². The quantitative estimate of drug-likeness (QED) is 0.576. The van der Waals surface area contributed by atoms with Crippen LogP contribution >= 0.6 is 0 Å². The van der Waals surface area contributed by atoms with Crippen LogP contribution < -0.4 is 4.90 Å². The van der Waals surface area contributed by atoms with Gasteiger partial charge in [0, 0.05) is 56.2 Å². The van der Waals surface area contributed by atoms with Gasteiger partial charge in [0.1, 0.15) is 6.10 Å². The molecule has 1 N–H and O–H groups in total. The van der Waals surface area contributed by atoms with Crippen LogP contribution in [0.5, 0.6) is 0 Å². The lowest BCUT2D eigenvalue weighted by atomic mass is 9.55. The Morgan fingerprint density at radius 1 is 1.19 bits per heavy atom. The van der Waals surface area contributed by atoms with Crippen LogP contribution in [0.1, 0.15) is 44.2 Å². The van der Waals surface area contributed by atoms with Crippen molar-refractivity contribution < 1.29 is 14.6 Å². The highest BCUT2D eigenvalue weighted by Crippen LogP contribution is 2.56. The minimum absolute atomic E-state index is 0.0951. The maximum Gasteiger partial charge on any atom is 0.311 e. The lowest BCUT2D eigenvalue weighted by Gasteiger charge is -2.52. The molecule has 174 valence electrons. The number of hydrogen-bond donors (Lipinski definition) is 1. The summed E-state index contributed by atoms with van der Waals surface area (Å²) in [5.41, 5.74) is 5.08. The second kappa shape index (κ2) is 8.18. The van der Waals surface area contributed by atoms with E-state index in [-0.39, 0.29) is 29.3 Å². The normalized spacial score (nSPS) is 37.5. The Morgan fingerprint density at radius 3 is 2.69 bits per heavy atom. The summed E-state index contributed by atoms with van der Waals surface area (Å²) in [5, 5.41) is 11.6. The van der Waals surface area contributed by atoms with E-state index in [2.05, 4.69) is 61.8 Å². The lowest BCUT2D eigenvalue weighted by molar-refractivity contribution is -0.145. The number of fused-ring (bicyclic) bond motifs is 2. The molecule has 5 nitrogen and oxygen atoms in total. The summed E-state index contributed by atoms with van der Waals surface area (Å²) in [7, 11) is 0. The van der Waals surface area contributed by atoms with Gasteiger partial charge in [-0.05, 0) is 49.8 Å². The molecule has 2 heterocycles. The second-order valence-electron chi connectivity index (χ2n) is 10.8. The average Bonchev–Trinajstić information content (AvgIpc) is 3.08. The van der Waals surface area contributed by atoms with E-state index < -0.39 is 6.10 Å². The van der Waals surface area contributed by atoms with Crippen molar-refractivity contribution in [2.45, 2.75) is 59.2 Å². The first-order valence-corrected chi connectivity index (χ1v) is 12.4. The van der Waals surface area contributed by atoms with Crippen LogP contribution in [0.15, 0.2) is 29.8 Å². The number of nitrogens with zero attached hydrogens (tertiary/aromatic N) is 2. The molecule has 2 saturated heterocycles. The third-order valence-electron chi connectivity index (χ3n) is 9.31. The first-order chi connectivity index (χ1) is 15.3. The van der Waals surface area contributed by atoms with E-state index in [9.17, 15) is 9.90 Å². The van der Waals surface area contributed by atoms with Crippen molar-refractivity contribution >= 4 is 11.7 Å². The van der Waals surface area contributed by atoms with Crippen molar-refractivity contribution in [2.75, 3.05) is 37.6 Å². The van der Waals surface area contributed by atoms with Gasteiger partial charge in [-0.1, -0.05) is 37.6 Å². The number of allylic oxidation sites excluding steroid dienone is 1. The van der Waals surface area contributed by atoms with E-state index >= 15 is 0 Å². The molecule has 0 bridgehead atoms. The summed E-state index contributed by atoms with van der Waals surface area (Å²) in [6.45, 7) is 13.3. The van der Waals surface area contributed by atoms with Crippen molar-refractivity contribution in [3.63, 3.8) is 0 Å². The van der Waals surface area contributed by atoms with Gasteiger partial charge in [-0.3, -0.25) is 9.69 Å². The van der Waals surface area contributed by atoms with Gasteiger partial charge in [0.05, 0.1) is 12.0 Å². The van der Waals surface area contributed by atoms with Crippen LogP contribution in [-0.2, 0) is 9.53 Å². The van der Waals surface area contributed by atoms with Crippen LogP contribution in [0, 0.1) is 37.0 Å². The molecule has 5 heteroatoms. The highest BCUT2D eigenvalue weighted by Gasteiger charge is 2.59. The predicted molar refractivity (Wildman–Crippen MR) is 127 cm³/mol. The minimum atomic E-state index is -0.518. The summed E-state index contributed by atoms with van der Waals surface area (Å²) in [4.78, 5) is 17.8. The van der Waals surface area contributed by atoms with Gasteiger partial charge in [-0.25, -0.2) is 0 Å². The highest BCUT2D eigenvalue weighted by atomic mass is 16.6. The summed E-state index contributed by atoms with van der Waals surface area (Å²) >= 11 is 0. The fourth-order valence-electron chi connectivity index (χ4n) is 6.80. The molecule has 0 amide bonds. The Morgan fingerprint density at radius 2 is 1.94 bits per heavy atom. The number of ether oxygens (including phenoxy) is 1. The largest absolute Gasteiger partial charge is 0.461 e. The van der Waals surface area contributed by atoms with E-state index in [1.165, 1.54) is 22.4 Å². The molecule has 3 fully saturated rings. The molecule has 4 aliphatic rings. The van der Waals surface area contributed by atoms with Crippen molar-refractivity contribution in [2.24, 2.45) is 23.2 Å². The van der Waals surface area contributed by atoms with E-state index in [0.717, 1.165) is 45.4 Å². The molecule has 0 radical (unpaired) electrons. The van der Waals surface area contributed by atoms with E-state index in [1.807, 2.05) is 0 Å². The van der Waals surface area contributed by atoms with Gasteiger partial charge >= 0.3 is 5.97 Å². The molecule has 0 unspecified atom stereocenters. The van der Waals surface area contributed by atoms with E-state index in [0.29, 0.717) is 12.5 Å². The van der Waals surface area contributed by atoms with Gasteiger partial charge < -0.3 is 14.7 Å². The van der Waals surface area contributed by atoms with Gasteiger partial charge in [-0.15, -0.1) is 0 Å². The number of piperazine rings is 1.